The molecule has 1 aromatic carbocycles. The standard InChI is InChI=1S/C13H15N3OS/c1-3-4-11-15-16-13(18-11)14-12(17)10-7-5-9(2)6-8-10/h5-8H,3-4H2,1-2H3,(H,14,16,17). The topological polar surface area (TPSA) is 54.9 Å². The number of carbonyl (C=O) groups is 1. The minimum Gasteiger partial charge on any atom is -0.296 e. The van der Waals surface area contributed by atoms with Crippen molar-refractivity contribution in [3.05, 3.63) is 40.4 Å². The molecule has 1 N–H and O–H groups in total. The highest BCUT2D eigenvalue weighted by atomic mass is 32.1. The van der Waals surface area contributed by atoms with Crippen molar-refractivity contribution in [2.24, 2.45) is 0 Å². The van der Waals surface area contributed by atoms with Crippen LogP contribution in [0.2, 0.25) is 0 Å². The van der Waals surface area contributed by atoms with Crippen LogP contribution >= 0.6 is 11.3 Å². The fourth-order valence-electron chi connectivity index (χ4n) is 1.49. The van der Waals surface area contributed by atoms with Gasteiger partial charge in [0.1, 0.15) is 5.01 Å². The Morgan fingerprint density at radius 3 is 2.67 bits per heavy atom. The van der Waals surface area contributed by atoms with Crippen molar-refractivity contribution in [2.45, 2.75) is 26.7 Å². The Balaban J connectivity index is 2.04. The molecule has 0 aliphatic carbocycles. The van der Waals surface area contributed by atoms with Crippen LogP contribution in [0.15, 0.2) is 24.3 Å². The molecule has 5 heteroatoms. The maximum Gasteiger partial charge on any atom is 0.257 e. The van der Waals surface area contributed by atoms with Crippen molar-refractivity contribution < 1.29 is 4.79 Å². The molecule has 2 aromatic rings. The van der Waals surface area contributed by atoms with E-state index < -0.39 is 0 Å². The molecule has 0 aliphatic heterocycles. The van der Waals surface area contributed by atoms with E-state index in [-0.39, 0.29) is 5.91 Å². The van der Waals surface area contributed by atoms with E-state index in [1.165, 1.54) is 11.3 Å². The third-order valence-electron chi connectivity index (χ3n) is 2.46. The second-order valence-electron chi connectivity index (χ2n) is 4.07. The zero-order valence-electron chi connectivity index (χ0n) is 10.4. The predicted molar refractivity (Wildman–Crippen MR) is 73.0 cm³/mol. The van der Waals surface area contributed by atoms with E-state index in [4.69, 9.17) is 0 Å². The maximum atomic E-state index is 11.9. The van der Waals surface area contributed by atoms with E-state index in [0.717, 1.165) is 23.4 Å². The molecule has 1 amide bonds. The van der Waals surface area contributed by atoms with Crippen LogP contribution in [0.4, 0.5) is 5.13 Å². The molecular formula is C13H15N3OS. The minimum atomic E-state index is -0.144. The molecule has 1 aromatic heterocycles. The van der Waals surface area contributed by atoms with Gasteiger partial charge in [-0.1, -0.05) is 36.0 Å². The molecule has 1 heterocycles. The lowest BCUT2D eigenvalue weighted by atomic mass is 10.1. The van der Waals surface area contributed by atoms with Gasteiger partial charge in [-0.3, -0.25) is 10.1 Å². The first-order valence-electron chi connectivity index (χ1n) is 5.89. The Kier molecular flexibility index (Phi) is 4.04. The van der Waals surface area contributed by atoms with Crippen molar-refractivity contribution >= 4 is 22.4 Å². The van der Waals surface area contributed by atoms with Crippen molar-refractivity contribution in [1.82, 2.24) is 10.2 Å². The summed E-state index contributed by atoms with van der Waals surface area (Å²) in [5.74, 6) is -0.144. The average molecular weight is 261 g/mol. The van der Waals surface area contributed by atoms with E-state index in [9.17, 15) is 4.79 Å². The van der Waals surface area contributed by atoms with Gasteiger partial charge in [0.2, 0.25) is 5.13 Å². The summed E-state index contributed by atoms with van der Waals surface area (Å²) in [7, 11) is 0. The van der Waals surface area contributed by atoms with Crippen LogP contribution in [-0.2, 0) is 6.42 Å². The maximum absolute atomic E-state index is 11.9. The van der Waals surface area contributed by atoms with Gasteiger partial charge < -0.3 is 0 Å². The smallest absolute Gasteiger partial charge is 0.257 e. The van der Waals surface area contributed by atoms with Crippen LogP contribution in [-0.4, -0.2) is 16.1 Å². The highest BCUT2D eigenvalue weighted by molar-refractivity contribution is 7.15. The number of carbonyl (C=O) groups excluding carboxylic acids is 1. The zero-order valence-corrected chi connectivity index (χ0v) is 11.3. The predicted octanol–water partition coefficient (Wildman–Crippen LogP) is 3.05. The molecule has 0 aliphatic rings. The summed E-state index contributed by atoms with van der Waals surface area (Å²) >= 11 is 1.43. The van der Waals surface area contributed by atoms with Crippen molar-refractivity contribution in [2.75, 3.05) is 5.32 Å². The van der Waals surface area contributed by atoms with Gasteiger partial charge >= 0.3 is 0 Å². The molecule has 2 rings (SSSR count). The summed E-state index contributed by atoms with van der Waals surface area (Å²) in [5.41, 5.74) is 1.76. The number of hydrogen-bond acceptors (Lipinski definition) is 4. The number of hydrogen-bond donors (Lipinski definition) is 1. The van der Waals surface area contributed by atoms with Crippen molar-refractivity contribution in [3.63, 3.8) is 0 Å². The summed E-state index contributed by atoms with van der Waals surface area (Å²) in [6.07, 6.45) is 1.93. The molecule has 0 saturated carbocycles. The van der Waals surface area contributed by atoms with Crippen LogP contribution in [0, 0.1) is 6.92 Å². The molecule has 18 heavy (non-hydrogen) atoms. The van der Waals surface area contributed by atoms with Crippen molar-refractivity contribution in [3.8, 4) is 0 Å². The van der Waals surface area contributed by atoms with Gasteiger partial charge in [0.05, 0.1) is 0 Å². The number of amides is 1. The van der Waals surface area contributed by atoms with Gasteiger partial charge in [0.15, 0.2) is 0 Å². The molecule has 94 valence electrons. The number of anilines is 1. The first-order valence-corrected chi connectivity index (χ1v) is 6.71. The largest absolute Gasteiger partial charge is 0.296 e. The van der Waals surface area contributed by atoms with E-state index in [1.54, 1.807) is 12.1 Å². The van der Waals surface area contributed by atoms with E-state index >= 15 is 0 Å². The van der Waals surface area contributed by atoms with Gasteiger partial charge in [-0.05, 0) is 25.5 Å². The van der Waals surface area contributed by atoms with E-state index in [2.05, 4.69) is 22.4 Å². The Labute approximate surface area is 110 Å². The molecular weight excluding hydrogens is 246 g/mol. The van der Waals surface area contributed by atoms with Gasteiger partial charge in [0, 0.05) is 12.0 Å². The Bertz CT molecular complexity index is 533. The summed E-state index contributed by atoms with van der Waals surface area (Å²) in [5, 5.41) is 12.3. The molecule has 0 unspecified atom stereocenters. The summed E-state index contributed by atoms with van der Waals surface area (Å²) in [6, 6.07) is 7.44. The van der Waals surface area contributed by atoms with Crippen LogP contribution in [0.3, 0.4) is 0 Å². The molecule has 0 fully saturated rings. The molecule has 0 saturated heterocycles. The van der Waals surface area contributed by atoms with E-state index in [0.29, 0.717) is 10.7 Å². The fourth-order valence-corrected chi connectivity index (χ4v) is 2.33. The van der Waals surface area contributed by atoms with Gasteiger partial charge in [-0.2, -0.15) is 0 Å². The summed E-state index contributed by atoms with van der Waals surface area (Å²) in [4.78, 5) is 11.9. The second kappa shape index (κ2) is 5.73. The average Bonchev–Trinajstić information content (AvgIpc) is 2.78. The van der Waals surface area contributed by atoms with Crippen molar-refractivity contribution in [1.29, 1.82) is 0 Å². The number of benzene rings is 1. The van der Waals surface area contributed by atoms with Crippen LogP contribution in [0.5, 0.6) is 0 Å². The minimum absolute atomic E-state index is 0.144. The number of aromatic nitrogens is 2. The highest BCUT2D eigenvalue weighted by Crippen LogP contribution is 2.17. The lowest BCUT2D eigenvalue weighted by Crippen LogP contribution is -2.11. The SMILES string of the molecule is CCCc1nnc(NC(=O)c2ccc(C)cc2)s1. The monoisotopic (exact) mass is 261 g/mol. The Morgan fingerprint density at radius 2 is 2.00 bits per heavy atom. The quantitative estimate of drug-likeness (QED) is 0.920. The lowest BCUT2D eigenvalue weighted by molar-refractivity contribution is 0.102. The molecule has 0 spiro atoms. The molecule has 0 bridgehead atoms. The van der Waals surface area contributed by atoms with Crippen LogP contribution in [0.25, 0.3) is 0 Å². The fraction of sp³-hybridized carbons (Fsp3) is 0.308. The third-order valence-corrected chi connectivity index (χ3v) is 3.36. The number of nitrogens with zero attached hydrogens (tertiary/aromatic N) is 2. The molecule has 0 radical (unpaired) electrons. The normalized spacial score (nSPS) is 10.3. The Morgan fingerprint density at radius 1 is 1.28 bits per heavy atom. The van der Waals surface area contributed by atoms with E-state index in [1.807, 2.05) is 19.1 Å². The first-order chi connectivity index (χ1) is 8.69. The first kappa shape index (κ1) is 12.7. The van der Waals surface area contributed by atoms with Gasteiger partial charge in [-0.25, -0.2) is 0 Å². The molecule has 0 atom stereocenters. The van der Waals surface area contributed by atoms with Gasteiger partial charge in [0.25, 0.3) is 5.91 Å². The van der Waals surface area contributed by atoms with Gasteiger partial charge in [-0.15, -0.1) is 10.2 Å². The zero-order chi connectivity index (χ0) is 13.0. The second-order valence-corrected chi connectivity index (χ2v) is 5.13. The molecule has 4 nitrogen and oxygen atoms in total. The lowest BCUT2D eigenvalue weighted by Gasteiger charge is -2.01. The number of aryl methyl sites for hydroxylation is 2. The summed E-state index contributed by atoms with van der Waals surface area (Å²) in [6.45, 7) is 4.08. The third kappa shape index (κ3) is 3.13. The highest BCUT2D eigenvalue weighted by Gasteiger charge is 2.09. The van der Waals surface area contributed by atoms with Crippen LogP contribution < -0.4 is 5.32 Å². The summed E-state index contributed by atoms with van der Waals surface area (Å²) < 4.78 is 0. The Hall–Kier alpha value is -1.75. The van der Waals surface area contributed by atoms with Crippen LogP contribution in [0.1, 0.15) is 34.3 Å². The number of nitrogens with one attached hydrogen (secondary N) is 1. The number of rotatable bonds is 4.